The topological polar surface area (TPSA) is 107 Å². The van der Waals surface area contributed by atoms with Gasteiger partial charge in [0.2, 0.25) is 15.9 Å². The molecule has 4 rings (SSSR count). The Balaban J connectivity index is 1.46. The molecule has 1 unspecified atom stereocenters. The van der Waals surface area contributed by atoms with E-state index in [1.807, 2.05) is 30.3 Å². The third-order valence-electron chi connectivity index (χ3n) is 5.47. The number of carbonyl (C=O) groups is 3. The van der Waals surface area contributed by atoms with Crippen LogP contribution in [-0.2, 0) is 19.6 Å². The first kappa shape index (κ1) is 20.3. The van der Waals surface area contributed by atoms with Crippen LogP contribution in [0.25, 0.3) is 10.8 Å². The Hall–Kier alpha value is -2.98. The number of amides is 4. The molecule has 158 valence electrons. The number of anilines is 1. The van der Waals surface area contributed by atoms with Gasteiger partial charge in [0.15, 0.2) is 0 Å². The molecule has 1 N–H and O–H groups in total. The predicted molar refractivity (Wildman–Crippen MR) is 111 cm³/mol. The van der Waals surface area contributed by atoms with Gasteiger partial charge < -0.3 is 10.2 Å². The van der Waals surface area contributed by atoms with Crippen molar-refractivity contribution in [1.29, 1.82) is 0 Å². The molecule has 0 aromatic heterocycles. The van der Waals surface area contributed by atoms with Crippen molar-refractivity contribution in [2.45, 2.75) is 12.5 Å². The number of sulfonamides is 1. The molecule has 0 saturated carbocycles. The maximum atomic E-state index is 12.9. The number of imide groups is 1. The molecular weight excluding hydrogens is 408 g/mol. The number of piperazine rings is 1. The van der Waals surface area contributed by atoms with Crippen molar-refractivity contribution in [3.05, 3.63) is 42.5 Å². The fraction of sp³-hybridized carbons (Fsp3) is 0.350. The van der Waals surface area contributed by atoms with Crippen molar-refractivity contribution < 1.29 is 22.8 Å². The highest BCUT2D eigenvalue weighted by atomic mass is 32.2. The van der Waals surface area contributed by atoms with Crippen molar-refractivity contribution in [3.8, 4) is 0 Å². The predicted octanol–water partition coefficient (Wildman–Crippen LogP) is 0.758. The first-order valence-corrected chi connectivity index (χ1v) is 11.5. The highest BCUT2D eigenvalue weighted by molar-refractivity contribution is 7.88. The number of carbonyl (C=O) groups excluding carboxylic acids is 3. The van der Waals surface area contributed by atoms with Crippen LogP contribution in [0.15, 0.2) is 42.5 Å². The van der Waals surface area contributed by atoms with Gasteiger partial charge in [-0.05, 0) is 11.5 Å². The van der Waals surface area contributed by atoms with E-state index >= 15 is 0 Å². The lowest BCUT2D eigenvalue weighted by Crippen LogP contribution is -2.51. The van der Waals surface area contributed by atoms with E-state index in [-0.39, 0.29) is 38.5 Å². The van der Waals surface area contributed by atoms with E-state index in [1.165, 1.54) is 9.21 Å². The second-order valence-corrected chi connectivity index (χ2v) is 9.40. The lowest BCUT2D eigenvalue weighted by atomic mass is 10.1. The molecule has 2 heterocycles. The molecule has 2 aliphatic rings. The van der Waals surface area contributed by atoms with Gasteiger partial charge in [0.25, 0.3) is 5.91 Å². The summed E-state index contributed by atoms with van der Waals surface area (Å²) in [6.07, 6.45) is 0.976. The highest BCUT2D eigenvalue weighted by Crippen LogP contribution is 2.29. The van der Waals surface area contributed by atoms with E-state index < -0.39 is 28.0 Å². The van der Waals surface area contributed by atoms with Crippen LogP contribution >= 0.6 is 0 Å². The molecule has 9 nitrogen and oxygen atoms in total. The minimum absolute atomic E-state index is 0.162. The molecule has 30 heavy (non-hydrogen) atoms. The quantitative estimate of drug-likeness (QED) is 0.721. The number of fused-ring (bicyclic) bond motifs is 1. The molecule has 0 radical (unpaired) electrons. The summed E-state index contributed by atoms with van der Waals surface area (Å²) in [5.74, 6) is -0.763. The van der Waals surface area contributed by atoms with Gasteiger partial charge in [-0.15, -0.1) is 0 Å². The van der Waals surface area contributed by atoms with Gasteiger partial charge in [0, 0.05) is 31.6 Å². The fourth-order valence-electron chi connectivity index (χ4n) is 3.87. The van der Waals surface area contributed by atoms with Crippen LogP contribution in [0.5, 0.6) is 0 Å². The molecule has 2 aromatic rings. The highest BCUT2D eigenvalue weighted by Gasteiger charge is 2.41. The standard InChI is InChI=1S/C20H22N4O5S/c1-30(28,29)23-11-9-22(10-12-23)18(25)13-16-19(26)24(20(27)21-16)17-8-4-6-14-5-2-3-7-15(14)17/h2-8,16H,9-13H2,1H3,(H,21,27). The maximum absolute atomic E-state index is 12.9. The average molecular weight is 430 g/mol. The fourth-order valence-corrected chi connectivity index (χ4v) is 4.70. The zero-order valence-corrected chi connectivity index (χ0v) is 17.3. The summed E-state index contributed by atoms with van der Waals surface area (Å²) in [4.78, 5) is 40.8. The van der Waals surface area contributed by atoms with Crippen LogP contribution in [0, 0.1) is 0 Å². The molecule has 0 bridgehead atoms. The Morgan fingerprint density at radius 2 is 1.70 bits per heavy atom. The van der Waals surface area contributed by atoms with Gasteiger partial charge >= 0.3 is 6.03 Å². The van der Waals surface area contributed by atoms with Gasteiger partial charge in [-0.25, -0.2) is 18.1 Å². The molecule has 4 amide bonds. The molecule has 1 atom stereocenters. The van der Waals surface area contributed by atoms with Crippen LogP contribution in [0.3, 0.4) is 0 Å². The van der Waals surface area contributed by atoms with Crippen LogP contribution < -0.4 is 10.2 Å². The Morgan fingerprint density at radius 1 is 1.03 bits per heavy atom. The summed E-state index contributed by atoms with van der Waals surface area (Å²) in [5.41, 5.74) is 0.479. The summed E-state index contributed by atoms with van der Waals surface area (Å²) < 4.78 is 24.5. The van der Waals surface area contributed by atoms with Crippen LogP contribution in [-0.4, -0.2) is 73.9 Å². The van der Waals surface area contributed by atoms with E-state index in [1.54, 1.807) is 12.1 Å². The van der Waals surface area contributed by atoms with Crippen molar-refractivity contribution in [1.82, 2.24) is 14.5 Å². The number of nitrogens with one attached hydrogen (secondary N) is 1. The van der Waals surface area contributed by atoms with Crippen molar-refractivity contribution in [3.63, 3.8) is 0 Å². The molecule has 2 aliphatic heterocycles. The monoisotopic (exact) mass is 430 g/mol. The number of urea groups is 1. The zero-order chi connectivity index (χ0) is 21.5. The van der Waals surface area contributed by atoms with Gasteiger partial charge in [0.1, 0.15) is 6.04 Å². The van der Waals surface area contributed by atoms with Crippen LogP contribution in [0.4, 0.5) is 10.5 Å². The third-order valence-corrected chi connectivity index (χ3v) is 6.77. The van der Waals surface area contributed by atoms with E-state index in [0.29, 0.717) is 5.69 Å². The Bertz CT molecular complexity index is 1120. The summed E-state index contributed by atoms with van der Waals surface area (Å²) in [6.45, 7) is 0.955. The van der Waals surface area contributed by atoms with Gasteiger partial charge in [-0.2, -0.15) is 4.31 Å². The minimum atomic E-state index is -3.29. The van der Waals surface area contributed by atoms with Crippen LogP contribution in [0.1, 0.15) is 6.42 Å². The lowest BCUT2D eigenvalue weighted by Gasteiger charge is -2.33. The van der Waals surface area contributed by atoms with E-state index in [0.717, 1.165) is 21.9 Å². The Kier molecular flexibility index (Phi) is 5.20. The maximum Gasteiger partial charge on any atom is 0.329 e. The summed E-state index contributed by atoms with van der Waals surface area (Å²) >= 11 is 0. The van der Waals surface area contributed by atoms with E-state index in [9.17, 15) is 22.8 Å². The zero-order valence-electron chi connectivity index (χ0n) is 16.4. The van der Waals surface area contributed by atoms with E-state index in [4.69, 9.17) is 0 Å². The Labute approximate surface area is 174 Å². The lowest BCUT2D eigenvalue weighted by molar-refractivity contribution is -0.134. The minimum Gasteiger partial charge on any atom is -0.340 e. The summed E-state index contributed by atoms with van der Waals surface area (Å²) in [5, 5.41) is 4.28. The number of hydrogen-bond acceptors (Lipinski definition) is 5. The van der Waals surface area contributed by atoms with Crippen molar-refractivity contribution >= 4 is 44.3 Å². The third kappa shape index (κ3) is 3.75. The van der Waals surface area contributed by atoms with Gasteiger partial charge in [-0.3, -0.25) is 9.59 Å². The summed E-state index contributed by atoms with van der Waals surface area (Å²) in [6, 6.07) is 11.3. The van der Waals surface area contributed by atoms with Crippen molar-refractivity contribution in [2.75, 3.05) is 37.3 Å². The first-order chi connectivity index (χ1) is 14.3. The average Bonchev–Trinajstić information content (AvgIpc) is 3.00. The molecule has 0 spiro atoms. The van der Waals surface area contributed by atoms with Crippen molar-refractivity contribution in [2.24, 2.45) is 0 Å². The van der Waals surface area contributed by atoms with Crippen LogP contribution in [0.2, 0.25) is 0 Å². The summed E-state index contributed by atoms with van der Waals surface area (Å²) in [7, 11) is -3.29. The molecule has 10 heteroatoms. The SMILES string of the molecule is CS(=O)(=O)N1CCN(C(=O)CC2NC(=O)N(c3cccc4ccccc34)C2=O)CC1. The second-order valence-electron chi connectivity index (χ2n) is 7.42. The number of nitrogens with zero attached hydrogens (tertiary/aromatic N) is 3. The molecular formula is C20H22N4O5S. The normalized spacial score (nSPS) is 20.6. The number of benzene rings is 2. The molecule has 2 saturated heterocycles. The van der Waals surface area contributed by atoms with Gasteiger partial charge in [0.05, 0.1) is 18.4 Å². The molecule has 2 aromatic carbocycles. The van der Waals surface area contributed by atoms with Gasteiger partial charge in [-0.1, -0.05) is 36.4 Å². The molecule has 2 fully saturated rings. The number of hydrogen-bond donors (Lipinski definition) is 1. The smallest absolute Gasteiger partial charge is 0.329 e. The van der Waals surface area contributed by atoms with E-state index in [2.05, 4.69) is 5.32 Å². The first-order valence-electron chi connectivity index (χ1n) is 9.61. The number of rotatable bonds is 4. The Morgan fingerprint density at radius 3 is 2.40 bits per heavy atom. The largest absolute Gasteiger partial charge is 0.340 e. The molecule has 0 aliphatic carbocycles. The second kappa shape index (κ2) is 7.69.